The first-order chi connectivity index (χ1) is 6.59. The summed E-state index contributed by atoms with van der Waals surface area (Å²) in [6.45, 7) is 5.73. The summed E-state index contributed by atoms with van der Waals surface area (Å²) in [6, 6.07) is 3.16. The minimum absolute atomic E-state index is 0.00377. The van der Waals surface area contributed by atoms with Gasteiger partial charge >= 0.3 is 5.97 Å². The number of thioether (sulfide) groups is 1. The normalized spacial score (nSPS) is 10.1. The smallest absolute Gasteiger partial charge is 0.371 e. The molecule has 1 aromatic heterocycles. The Hall–Kier alpha value is -1.16. The second-order valence-corrected chi connectivity index (χ2v) is 4.01. The molecule has 14 heavy (non-hydrogen) atoms. The maximum atomic E-state index is 10.5. The van der Waals surface area contributed by atoms with E-state index in [1.807, 2.05) is 6.92 Å². The fraction of sp³-hybridized carbons (Fsp3) is 0.300. The van der Waals surface area contributed by atoms with Gasteiger partial charge in [0.1, 0.15) is 5.76 Å². The zero-order valence-electron chi connectivity index (χ0n) is 7.95. The van der Waals surface area contributed by atoms with Gasteiger partial charge in [0.05, 0.1) is 5.75 Å². The van der Waals surface area contributed by atoms with Gasteiger partial charge in [0.25, 0.3) is 0 Å². The molecule has 0 bridgehead atoms. The quantitative estimate of drug-likeness (QED) is 0.762. The lowest BCUT2D eigenvalue weighted by Gasteiger charge is -1.97. The number of furan rings is 1. The Morgan fingerprint density at radius 3 is 2.86 bits per heavy atom. The third-order valence-corrected chi connectivity index (χ3v) is 2.65. The minimum Gasteiger partial charge on any atom is -0.475 e. The second-order valence-electron chi connectivity index (χ2n) is 3.02. The van der Waals surface area contributed by atoms with E-state index in [-0.39, 0.29) is 5.76 Å². The number of carboxylic acids is 1. The lowest BCUT2D eigenvalue weighted by atomic mass is 10.4. The predicted octanol–water partition coefficient (Wildman–Crippen LogP) is 2.79. The number of carboxylic acid groups (broad SMARTS) is 1. The fourth-order valence-corrected chi connectivity index (χ4v) is 1.70. The van der Waals surface area contributed by atoms with Crippen molar-refractivity contribution in [3.8, 4) is 0 Å². The average molecular weight is 212 g/mol. The summed E-state index contributed by atoms with van der Waals surface area (Å²) in [7, 11) is 0. The summed E-state index contributed by atoms with van der Waals surface area (Å²) in [4.78, 5) is 10.5. The van der Waals surface area contributed by atoms with E-state index in [4.69, 9.17) is 9.52 Å². The molecule has 0 radical (unpaired) electrons. The standard InChI is InChI=1S/C10H12O3S/c1-7(2)5-14-6-8-3-4-9(13-8)10(11)12/h3-4H,1,5-6H2,2H3,(H,11,12). The first-order valence-corrected chi connectivity index (χ1v) is 5.29. The van der Waals surface area contributed by atoms with Gasteiger partial charge in [-0.1, -0.05) is 12.2 Å². The van der Waals surface area contributed by atoms with Crippen LogP contribution < -0.4 is 0 Å². The van der Waals surface area contributed by atoms with Crippen LogP contribution >= 0.6 is 11.8 Å². The van der Waals surface area contributed by atoms with E-state index in [2.05, 4.69) is 6.58 Å². The Labute approximate surface area is 86.8 Å². The molecule has 0 fully saturated rings. The molecule has 4 heteroatoms. The van der Waals surface area contributed by atoms with Gasteiger partial charge in [0.15, 0.2) is 0 Å². The van der Waals surface area contributed by atoms with E-state index in [0.717, 1.165) is 11.3 Å². The monoisotopic (exact) mass is 212 g/mol. The second kappa shape index (κ2) is 4.91. The van der Waals surface area contributed by atoms with Gasteiger partial charge in [-0.2, -0.15) is 0 Å². The van der Waals surface area contributed by atoms with E-state index in [0.29, 0.717) is 11.5 Å². The first-order valence-electron chi connectivity index (χ1n) is 4.13. The number of rotatable bonds is 5. The van der Waals surface area contributed by atoms with Crippen LogP contribution in [0.4, 0.5) is 0 Å². The highest BCUT2D eigenvalue weighted by Crippen LogP contribution is 2.16. The molecule has 76 valence electrons. The zero-order chi connectivity index (χ0) is 10.6. The molecule has 1 N–H and O–H groups in total. The lowest BCUT2D eigenvalue weighted by Crippen LogP contribution is -1.91. The third-order valence-electron chi connectivity index (χ3n) is 1.47. The van der Waals surface area contributed by atoms with Crippen LogP contribution in [-0.2, 0) is 5.75 Å². The summed E-state index contributed by atoms with van der Waals surface area (Å²) in [6.07, 6.45) is 0. The highest BCUT2D eigenvalue weighted by molar-refractivity contribution is 7.98. The molecule has 0 saturated heterocycles. The van der Waals surface area contributed by atoms with E-state index in [1.165, 1.54) is 6.07 Å². The van der Waals surface area contributed by atoms with Crippen LogP contribution in [0.5, 0.6) is 0 Å². The van der Waals surface area contributed by atoms with Gasteiger partial charge in [-0.05, 0) is 19.1 Å². The topological polar surface area (TPSA) is 50.4 Å². The van der Waals surface area contributed by atoms with Gasteiger partial charge in [-0.15, -0.1) is 11.8 Å². The molecule has 0 spiro atoms. The summed E-state index contributed by atoms with van der Waals surface area (Å²) >= 11 is 1.65. The Kier molecular flexibility index (Phi) is 3.83. The molecule has 1 aromatic rings. The third kappa shape index (κ3) is 3.30. The summed E-state index contributed by atoms with van der Waals surface area (Å²) in [5, 5.41) is 8.60. The Morgan fingerprint density at radius 1 is 1.64 bits per heavy atom. The van der Waals surface area contributed by atoms with E-state index in [9.17, 15) is 4.79 Å². The van der Waals surface area contributed by atoms with Crippen molar-refractivity contribution < 1.29 is 14.3 Å². The molecule has 3 nitrogen and oxygen atoms in total. The summed E-state index contributed by atoms with van der Waals surface area (Å²) in [5.74, 6) is 1.20. The molecule has 0 aliphatic heterocycles. The van der Waals surface area contributed by atoms with Crippen molar-refractivity contribution in [1.82, 2.24) is 0 Å². The molecule has 0 aliphatic rings. The molecule has 0 unspecified atom stereocenters. The first kappa shape index (κ1) is 10.9. The van der Waals surface area contributed by atoms with E-state index in [1.54, 1.807) is 17.8 Å². The molecule has 0 aliphatic carbocycles. The number of aromatic carboxylic acids is 1. The Balaban J connectivity index is 2.44. The van der Waals surface area contributed by atoms with Crippen LogP contribution in [0.1, 0.15) is 23.2 Å². The van der Waals surface area contributed by atoms with Crippen molar-refractivity contribution in [2.24, 2.45) is 0 Å². The van der Waals surface area contributed by atoms with Crippen LogP contribution in [0.3, 0.4) is 0 Å². The molecular formula is C10H12O3S. The van der Waals surface area contributed by atoms with Gasteiger partial charge in [-0.25, -0.2) is 4.79 Å². The van der Waals surface area contributed by atoms with Crippen molar-refractivity contribution in [3.05, 3.63) is 35.8 Å². The maximum Gasteiger partial charge on any atom is 0.371 e. The summed E-state index contributed by atoms with van der Waals surface area (Å²) in [5.41, 5.74) is 1.10. The molecule has 1 heterocycles. The van der Waals surface area contributed by atoms with Crippen LogP contribution in [0.2, 0.25) is 0 Å². The van der Waals surface area contributed by atoms with Gasteiger partial charge in [-0.3, -0.25) is 0 Å². The van der Waals surface area contributed by atoms with Crippen molar-refractivity contribution in [2.45, 2.75) is 12.7 Å². The largest absolute Gasteiger partial charge is 0.475 e. The SMILES string of the molecule is C=C(C)CSCc1ccc(C(=O)O)o1. The molecule has 0 atom stereocenters. The zero-order valence-corrected chi connectivity index (χ0v) is 8.76. The highest BCUT2D eigenvalue weighted by Gasteiger charge is 2.08. The van der Waals surface area contributed by atoms with Gasteiger partial charge in [0, 0.05) is 5.75 Å². The minimum atomic E-state index is -1.03. The lowest BCUT2D eigenvalue weighted by molar-refractivity contribution is 0.0661. The highest BCUT2D eigenvalue weighted by atomic mass is 32.2. The van der Waals surface area contributed by atoms with Crippen LogP contribution in [0, 0.1) is 0 Å². The predicted molar refractivity (Wildman–Crippen MR) is 56.6 cm³/mol. The van der Waals surface area contributed by atoms with Crippen molar-refractivity contribution in [1.29, 1.82) is 0 Å². The molecule has 0 saturated carbocycles. The number of hydrogen-bond donors (Lipinski definition) is 1. The van der Waals surface area contributed by atoms with Crippen molar-refractivity contribution >= 4 is 17.7 Å². The number of carbonyl (C=O) groups is 1. The average Bonchev–Trinajstić information content (AvgIpc) is 2.52. The van der Waals surface area contributed by atoms with Crippen LogP contribution in [0.25, 0.3) is 0 Å². The van der Waals surface area contributed by atoms with Crippen LogP contribution in [-0.4, -0.2) is 16.8 Å². The number of hydrogen-bond acceptors (Lipinski definition) is 3. The molecule has 1 rings (SSSR count). The van der Waals surface area contributed by atoms with E-state index < -0.39 is 5.97 Å². The van der Waals surface area contributed by atoms with Crippen molar-refractivity contribution in [2.75, 3.05) is 5.75 Å². The summed E-state index contributed by atoms with van der Waals surface area (Å²) < 4.78 is 5.08. The Morgan fingerprint density at radius 2 is 2.36 bits per heavy atom. The van der Waals surface area contributed by atoms with Crippen LogP contribution in [0.15, 0.2) is 28.7 Å². The van der Waals surface area contributed by atoms with Gasteiger partial charge < -0.3 is 9.52 Å². The fourth-order valence-electron chi connectivity index (χ4n) is 0.896. The maximum absolute atomic E-state index is 10.5. The molecular weight excluding hydrogens is 200 g/mol. The molecule has 0 amide bonds. The Bertz CT molecular complexity index is 341. The van der Waals surface area contributed by atoms with Gasteiger partial charge in [0.2, 0.25) is 5.76 Å². The van der Waals surface area contributed by atoms with E-state index >= 15 is 0 Å². The van der Waals surface area contributed by atoms with Crippen molar-refractivity contribution in [3.63, 3.8) is 0 Å². The molecule has 0 aromatic carbocycles.